The van der Waals surface area contributed by atoms with Crippen LogP contribution in [0.2, 0.25) is 0 Å². The van der Waals surface area contributed by atoms with E-state index in [1.54, 1.807) is 24.3 Å². The number of halogens is 1. The zero-order valence-corrected chi connectivity index (χ0v) is 12.7. The van der Waals surface area contributed by atoms with Gasteiger partial charge in [0.25, 0.3) is 5.78 Å². The predicted molar refractivity (Wildman–Crippen MR) is 80.9 cm³/mol. The molecule has 0 unspecified atom stereocenters. The van der Waals surface area contributed by atoms with Gasteiger partial charge in [0.2, 0.25) is 5.78 Å². The van der Waals surface area contributed by atoms with Gasteiger partial charge >= 0.3 is 0 Å². The van der Waals surface area contributed by atoms with Crippen molar-refractivity contribution in [3.8, 4) is 0 Å². The summed E-state index contributed by atoms with van der Waals surface area (Å²) in [5.41, 5.74) is 2.29. The number of ketones is 2. The van der Waals surface area contributed by atoms with Crippen LogP contribution in [0, 0.1) is 5.82 Å². The largest absolute Gasteiger partial charge is 0.465 e. The first-order valence-corrected chi connectivity index (χ1v) is 7.65. The van der Waals surface area contributed by atoms with Crippen LogP contribution in [0.15, 0.2) is 46.3 Å². The summed E-state index contributed by atoms with van der Waals surface area (Å²) in [6, 6.07) is 9.49. The van der Waals surface area contributed by atoms with E-state index in [4.69, 9.17) is 4.42 Å². The van der Waals surface area contributed by atoms with Gasteiger partial charge in [0.1, 0.15) is 22.8 Å². The van der Waals surface area contributed by atoms with Crippen LogP contribution in [-0.2, 0) is 17.6 Å². The summed E-state index contributed by atoms with van der Waals surface area (Å²) in [4.78, 5) is 23.7. The van der Waals surface area contributed by atoms with Crippen molar-refractivity contribution in [1.82, 2.24) is 10.2 Å². The average molecular weight is 330 g/mol. The predicted octanol–water partition coefficient (Wildman–Crippen LogP) is 2.86. The highest BCUT2D eigenvalue weighted by atomic mass is 32.1. The first-order valence-electron chi connectivity index (χ1n) is 6.77. The Hall–Kier alpha value is -2.67. The molecule has 3 aromatic rings. The van der Waals surface area contributed by atoms with E-state index in [1.807, 2.05) is 0 Å². The molecule has 23 heavy (non-hydrogen) atoms. The SMILES string of the molecule is O=C(Cc1ccc(Cc2ccc(F)cc2)o1)C(=O)c1nncs1. The van der Waals surface area contributed by atoms with Crippen LogP contribution in [0.25, 0.3) is 0 Å². The molecule has 7 heteroatoms. The Balaban J connectivity index is 1.64. The number of benzene rings is 1. The van der Waals surface area contributed by atoms with Crippen LogP contribution in [0.3, 0.4) is 0 Å². The second-order valence-electron chi connectivity index (χ2n) is 4.84. The van der Waals surface area contributed by atoms with Gasteiger partial charge in [-0.2, -0.15) is 0 Å². The lowest BCUT2D eigenvalue weighted by Gasteiger charge is -1.98. The van der Waals surface area contributed by atoms with Gasteiger partial charge < -0.3 is 4.42 Å². The van der Waals surface area contributed by atoms with Gasteiger partial charge in [-0.15, -0.1) is 10.2 Å². The minimum absolute atomic E-state index is 0.0769. The number of carbonyl (C=O) groups is 2. The molecule has 0 bridgehead atoms. The number of nitrogens with zero attached hydrogens (tertiary/aromatic N) is 2. The fourth-order valence-electron chi connectivity index (χ4n) is 2.05. The zero-order chi connectivity index (χ0) is 16.2. The molecule has 0 saturated heterocycles. The van der Waals surface area contributed by atoms with Gasteiger partial charge in [-0.3, -0.25) is 9.59 Å². The Morgan fingerprint density at radius 2 is 1.83 bits per heavy atom. The van der Waals surface area contributed by atoms with E-state index in [9.17, 15) is 14.0 Å². The van der Waals surface area contributed by atoms with E-state index in [-0.39, 0.29) is 17.2 Å². The molecule has 0 saturated carbocycles. The van der Waals surface area contributed by atoms with Crippen LogP contribution in [0.4, 0.5) is 4.39 Å². The molecular weight excluding hydrogens is 319 g/mol. The van der Waals surface area contributed by atoms with E-state index in [1.165, 1.54) is 17.6 Å². The summed E-state index contributed by atoms with van der Waals surface area (Å²) >= 11 is 1.02. The molecule has 0 amide bonds. The molecule has 5 nitrogen and oxygen atoms in total. The summed E-state index contributed by atoms with van der Waals surface area (Å²) in [5.74, 6) is -0.504. The van der Waals surface area contributed by atoms with Crippen LogP contribution in [0.1, 0.15) is 26.9 Å². The molecule has 2 heterocycles. The van der Waals surface area contributed by atoms with Crippen molar-refractivity contribution in [2.45, 2.75) is 12.8 Å². The summed E-state index contributed by atoms with van der Waals surface area (Å²) in [5, 5.41) is 7.20. The Morgan fingerprint density at radius 1 is 1.09 bits per heavy atom. The molecule has 0 aliphatic carbocycles. The van der Waals surface area contributed by atoms with Crippen molar-refractivity contribution in [2.24, 2.45) is 0 Å². The summed E-state index contributed by atoms with van der Waals surface area (Å²) in [7, 11) is 0. The third-order valence-corrected chi connectivity index (χ3v) is 3.84. The van der Waals surface area contributed by atoms with E-state index >= 15 is 0 Å². The van der Waals surface area contributed by atoms with Gasteiger partial charge in [0, 0.05) is 6.42 Å². The summed E-state index contributed by atoms with van der Waals surface area (Å²) < 4.78 is 18.4. The van der Waals surface area contributed by atoms with Crippen molar-refractivity contribution in [3.05, 3.63) is 69.8 Å². The monoisotopic (exact) mass is 330 g/mol. The highest BCUT2D eigenvalue weighted by Gasteiger charge is 2.21. The number of carbonyl (C=O) groups excluding carboxylic acids is 2. The molecule has 0 aliphatic rings. The zero-order valence-electron chi connectivity index (χ0n) is 11.9. The molecule has 1 aromatic carbocycles. The Labute approximate surface area is 134 Å². The second-order valence-corrected chi connectivity index (χ2v) is 5.68. The molecule has 3 rings (SSSR count). The number of hydrogen-bond acceptors (Lipinski definition) is 6. The molecule has 0 spiro atoms. The topological polar surface area (TPSA) is 73.1 Å². The first-order chi connectivity index (χ1) is 11.1. The average Bonchev–Trinajstić information content (AvgIpc) is 3.21. The van der Waals surface area contributed by atoms with Gasteiger partial charge in [0.05, 0.1) is 6.42 Å². The van der Waals surface area contributed by atoms with Crippen molar-refractivity contribution < 1.29 is 18.4 Å². The molecule has 0 atom stereocenters. The molecule has 116 valence electrons. The number of furan rings is 1. The highest BCUT2D eigenvalue weighted by molar-refractivity contribution is 7.12. The van der Waals surface area contributed by atoms with E-state index in [0.29, 0.717) is 17.9 Å². The third kappa shape index (κ3) is 3.75. The number of hydrogen-bond donors (Lipinski definition) is 0. The van der Waals surface area contributed by atoms with Crippen molar-refractivity contribution >= 4 is 22.9 Å². The maximum atomic E-state index is 12.9. The maximum Gasteiger partial charge on any atom is 0.259 e. The maximum absolute atomic E-state index is 12.9. The normalized spacial score (nSPS) is 10.7. The van der Waals surface area contributed by atoms with Crippen LogP contribution < -0.4 is 0 Å². The first kappa shape index (κ1) is 15.2. The van der Waals surface area contributed by atoms with Gasteiger partial charge in [0.15, 0.2) is 5.01 Å². The molecule has 0 radical (unpaired) electrons. The lowest BCUT2D eigenvalue weighted by Crippen LogP contribution is -2.16. The minimum atomic E-state index is -0.663. The molecule has 2 aromatic heterocycles. The smallest absolute Gasteiger partial charge is 0.259 e. The Morgan fingerprint density at radius 3 is 2.52 bits per heavy atom. The van der Waals surface area contributed by atoms with E-state index in [2.05, 4.69) is 10.2 Å². The number of aromatic nitrogens is 2. The summed E-state index contributed by atoms with van der Waals surface area (Å²) in [6.07, 6.45) is 0.362. The Bertz CT molecular complexity index is 825. The van der Waals surface area contributed by atoms with Crippen LogP contribution in [-0.4, -0.2) is 21.8 Å². The van der Waals surface area contributed by atoms with E-state index in [0.717, 1.165) is 16.9 Å². The van der Waals surface area contributed by atoms with Gasteiger partial charge in [-0.05, 0) is 29.8 Å². The Kier molecular flexibility index (Phi) is 4.38. The fourth-order valence-corrected chi connectivity index (χ4v) is 2.55. The van der Waals surface area contributed by atoms with Crippen molar-refractivity contribution in [3.63, 3.8) is 0 Å². The van der Waals surface area contributed by atoms with E-state index < -0.39 is 11.6 Å². The van der Waals surface area contributed by atoms with Crippen molar-refractivity contribution in [1.29, 1.82) is 0 Å². The van der Waals surface area contributed by atoms with Gasteiger partial charge in [-0.1, -0.05) is 23.5 Å². The number of rotatable bonds is 6. The quantitative estimate of drug-likeness (QED) is 0.513. The molecule has 0 aliphatic heterocycles. The standard InChI is InChI=1S/C16H11FN2O3S/c17-11-3-1-10(2-4-11)7-12-5-6-13(22-12)8-14(20)15(21)16-19-18-9-23-16/h1-6,9H,7-8H2. The van der Waals surface area contributed by atoms with Crippen LogP contribution >= 0.6 is 11.3 Å². The molecular formula is C16H11FN2O3S. The number of Topliss-reactive ketones (excluding diaryl/α,β-unsaturated/α-hetero) is 2. The third-order valence-electron chi connectivity index (χ3n) is 3.15. The van der Waals surface area contributed by atoms with Gasteiger partial charge in [-0.25, -0.2) is 4.39 Å². The summed E-state index contributed by atoms with van der Waals surface area (Å²) in [6.45, 7) is 0. The molecule has 0 N–H and O–H groups in total. The fraction of sp³-hybridized carbons (Fsp3) is 0.125. The van der Waals surface area contributed by atoms with Crippen molar-refractivity contribution in [2.75, 3.05) is 0 Å². The second kappa shape index (κ2) is 6.62. The lowest BCUT2D eigenvalue weighted by molar-refractivity contribution is -0.114. The molecule has 0 fully saturated rings. The minimum Gasteiger partial charge on any atom is -0.465 e. The highest BCUT2D eigenvalue weighted by Crippen LogP contribution is 2.15. The lowest BCUT2D eigenvalue weighted by atomic mass is 10.1. The van der Waals surface area contributed by atoms with Crippen LogP contribution in [0.5, 0.6) is 0 Å².